The Morgan fingerprint density at radius 2 is 2.12 bits per heavy atom. The molecule has 0 radical (unpaired) electrons. The van der Waals surface area contributed by atoms with Crippen LogP contribution in [0, 0.1) is 13.8 Å². The number of nitrogens with zero attached hydrogens (tertiary/aromatic N) is 1. The maximum absolute atomic E-state index is 5.58. The zero-order valence-corrected chi connectivity index (χ0v) is 11.0. The van der Waals surface area contributed by atoms with E-state index in [0.717, 1.165) is 18.8 Å². The fourth-order valence-corrected chi connectivity index (χ4v) is 2.61. The van der Waals surface area contributed by atoms with Gasteiger partial charge in [-0.05, 0) is 37.6 Å². The fraction of sp³-hybridized carbons (Fsp3) is 0.308. The molecule has 4 heteroatoms. The number of nitrogens with two attached hydrogens (primary N) is 1. The molecule has 0 aliphatic rings. The Labute approximate surface area is 106 Å². The third kappa shape index (κ3) is 3.28. The summed E-state index contributed by atoms with van der Waals surface area (Å²) in [4.78, 5) is 7.01. The third-order valence-electron chi connectivity index (χ3n) is 2.67. The molecule has 0 fully saturated rings. The number of thiophene rings is 1. The maximum Gasteiger partial charge on any atom is 0.0543 e. The molecule has 2 heterocycles. The third-order valence-corrected chi connectivity index (χ3v) is 3.82. The summed E-state index contributed by atoms with van der Waals surface area (Å²) < 4.78 is 0. The van der Waals surface area contributed by atoms with Crippen molar-refractivity contribution in [3.05, 3.63) is 45.4 Å². The van der Waals surface area contributed by atoms with Gasteiger partial charge in [0.15, 0.2) is 0 Å². The standard InChI is InChI=1S/C13H17N3S/c1-9-5-13(17-10(9)2)8-15-7-12-4-3-11(14)6-16-12/h3-6,15H,7-8,14H2,1-2H3. The first kappa shape index (κ1) is 12.1. The zero-order chi connectivity index (χ0) is 12.3. The number of hydrogen-bond donors (Lipinski definition) is 2. The van der Waals surface area contributed by atoms with Crippen LogP contribution in [0.5, 0.6) is 0 Å². The van der Waals surface area contributed by atoms with Crippen molar-refractivity contribution in [2.24, 2.45) is 0 Å². The van der Waals surface area contributed by atoms with E-state index in [-0.39, 0.29) is 0 Å². The van der Waals surface area contributed by atoms with E-state index in [1.807, 2.05) is 23.5 Å². The van der Waals surface area contributed by atoms with Crippen LogP contribution in [0.25, 0.3) is 0 Å². The molecule has 17 heavy (non-hydrogen) atoms. The monoisotopic (exact) mass is 247 g/mol. The van der Waals surface area contributed by atoms with Crippen molar-refractivity contribution in [1.29, 1.82) is 0 Å². The lowest BCUT2D eigenvalue weighted by molar-refractivity contribution is 0.686. The van der Waals surface area contributed by atoms with Gasteiger partial charge in [0.25, 0.3) is 0 Å². The van der Waals surface area contributed by atoms with Crippen LogP contribution in [0.4, 0.5) is 5.69 Å². The van der Waals surface area contributed by atoms with Gasteiger partial charge < -0.3 is 11.1 Å². The highest BCUT2D eigenvalue weighted by Gasteiger charge is 2.01. The van der Waals surface area contributed by atoms with Crippen molar-refractivity contribution in [3.63, 3.8) is 0 Å². The summed E-state index contributed by atoms with van der Waals surface area (Å²) >= 11 is 1.85. The lowest BCUT2D eigenvalue weighted by Crippen LogP contribution is -2.12. The highest BCUT2D eigenvalue weighted by atomic mass is 32.1. The molecule has 0 aromatic carbocycles. The Balaban J connectivity index is 1.85. The average Bonchev–Trinajstić information content (AvgIpc) is 2.61. The molecule has 0 atom stereocenters. The van der Waals surface area contributed by atoms with Gasteiger partial charge in [0.1, 0.15) is 0 Å². The van der Waals surface area contributed by atoms with Crippen LogP contribution in [-0.2, 0) is 13.1 Å². The van der Waals surface area contributed by atoms with E-state index in [2.05, 4.69) is 30.2 Å². The Bertz CT molecular complexity index is 468. The smallest absolute Gasteiger partial charge is 0.0543 e. The molecule has 0 aliphatic carbocycles. The quantitative estimate of drug-likeness (QED) is 0.873. The molecule has 0 spiro atoms. The molecule has 90 valence electrons. The molecule has 0 saturated heterocycles. The predicted octanol–water partition coefficient (Wildman–Crippen LogP) is 2.63. The highest BCUT2D eigenvalue weighted by Crippen LogP contribution is 2.20. The molecule has 0 amide bonds. The van der Waals surface area contributed by atoms with Crippen molar-refractivity contribution >= 4 is 17.0 Å². The lowest BCUT2D eigenvalue weighted by atomic mass is 10.3. The Morgan fingerprint density at radius 1 is 1.29 bits per heavy atom. The number of aryl methyl sites for hydroxylation is 2. The second-order valence-electron chi connectivity index (χ2n) is 4.14. The van der Waals surface area contributed by atoms with Crippen LogP contribution in [0.2, 0.25) is 0 Å². The zero-order valence-electron chi connectivity index (χ0n) is 10.2. The van der Waals surface area contributed by atoms with E-state index in [0.29, 0.717) is 5.69 Å². The Hall–Kier alpha value is -1.39. The van der Waals surface area contributed by atoms with Crippen LogP contribution in [0.1, 0.15) is 21.0 Å². The molecule has 3 nitrogen and oxygen atoms in total. The van der Waals surface area contributed by atoms with Gasteiger partial charge in [0.2, 0.25) is 0 Å². The summed E-state index contributed by atoms with van der Waals surface area (Å²) in [6, 6.07) is 6.07. The molecule has 2 aromatic heterocycles. The first-order chi connectivity index (χ1) is 8.15. The number of rotatable bonds is 4. The second kappa shape index (κ2) is 5.29. The van der Waals surface area contributed by atoms with Crippen molar-refractivity contribution in [1.82, 2.24) is 10.3 Å². The first-order valence-electron chi connectivity index (χ1n) is 5.62. The minimum Gasteiger partial charge on any atom is -0.397 e. The number of anilines is 1. The number of hydrogen-bond acceptors (Lipinski definition) is 4. The van der Waals surface area contributed by atoms with Crippen LogP contribution >= 0.6 is 11.3 Å². The van der Waals surface area contributed by atoms with Crippen LogP contribution < -0.4 is 11.1 Å². The predicted molar refractivity (Wildman–Crippen MR) is 73.0 cm³/mol. The van der Waals surface area contributed by atoms with Gasteiger partial charge in [0.05, 0.1) is 17.6 Å². The largest absolute Gasteiger partial charge is 0.397 e. The van der Waals surface area contributed by atoms with Gasteiger partial charge in [-0.15, -0.1) is 11.3 Å². The van der Waals surface area contributed by atoms with E-state index < -0.39 is 0 Å². The van der Waals surface area contributed by atoms with Gasteiger partial charge in [0, 0.05) is 22.8 Å². The van der Waals surface area contributed by atoms with Gasteiger partial charge in [-0.3, -0.25) is 4.98 Å². The molecule has 0 bridgehead atoms. The molecular formula is C13H17N3S. The number of aromatic nitrogens is 1. The van der Waals surface area contributed by atoms with Crippen molar-refractivity contribution in [2.45, 2.75) is 26.9 Å². The van der Waals surface area contributed by atoms with Crippen LogP contribution in [0.3, 0.4) is 0 Å². The van der Waals surface area contributed by atoms with Gasteiger partial charge in [-0.1, -0.05) is 0 Å². The van der Waals surface area contributed by atoms with Gasteiger partial charge >= 0.3 is 0 Å². The van der Waals surface area contributed by atoms with Gasteiger partial charge in [-0.25, -0.2) is 0 Å². The molecule has 0 saturated carbocycles. The molecule has 2 aromatic rings. The summed E-state index contributed by atoms with van der Waals surface area (Å²) in [5.41, 5.74) is 8.68. The molecule has 3 N–H and O–H groups in total. The maximum atomic E-state index is 5.58. The Morgan fingerprint density at radius 3 is 2.71 bits per heavy atom. The molecular weight excluding hydrogens is 230 g/mol. The number of nitrogens with one attached hydrogen (secondary N) is 1. The van der Waals surface area contributed by atoms with Crippen LogP contribution in [-0.4, -0.2) is 4.98 Å². The van der Waals surface area contributed by atoms with E-state index >= 15 is 0 Å². The summed E-state index contributed by atoms with van der Waals surface area (Å²) in [5, 5.41) is 3.39. The number of nitrogen functional groups attached to an aromatic ring is 1. The molecule has 0 unspecified atom stereocenters. The SMILES string of the molecule is Cc1cc(CNCc2ccc(N)cn2)sc1C. The first-order valence-corrected chi connectivity index (χ1v) is 6.44. The topological polar surface area (TPSA) is 50.9 Å². The van der Waals surface area contributed by atoms with E-state index in [9.17, 15) is 0 Å². The van der Waals surface area contributed by atoms with Crippen molar-refractivity contribution in [3.8, 4) is 0 Å². The normalized spacial score (nSPS) is 10.7. The minimum absolute atomic E-state index is 0.707. The Kier molecular flexibility index (Phi) is 3.76. The average molecular weight is 247 g/mol. The summed E-state index contributed by atoms with van der Waals surface area (Å²) in [7, 11) is 0. The van der Waals surface area contributed by atoms with E-state index in [1.54, 1.807) is 6.20 Å². The van der Waals surface area contributed by atoms with Crippen molar-refractivity contribution < 1.29 is 0 Å². The van der Waals surface area contributed by atoms with Crippen molar-refractivity contribution in [2.75, 3.05) is 5.73 Å². The molecule has 0 aliphatic heterocycles. The van der Waals surface area contributed by atoms with E-state index in [4.69, 9.17) is 5.73 Å². The summed E-state index contributed by atoms with van der Waals surface area (Å²) in [6.45, 7) is 5.98. The van der Waals surface area contributed by atoms with E-state index in [1.165, 1.54) is 15.3 Å². The van der Waals surface area contributed by atoms with Gasteiger partial charge in [-0.2, -0.15) is 0 Å². The summed E-state index contributed by atoms with van der Waals surface area (Å²) in [6.07, 6.45) is 1.69. The molecule has 2 rings (SSSR count). The fourth-order valence-electron chi connectivity index (χ4n) is 1.59. The second-order valence-corrected chi connectivity index (χ2v) is 5.48. The van der Waals surface area contributed by atoms with Crippen LogP contribution in [0.15, 0.2) is 24.4 Å². The number of pyridine rings is 1. The highest BCUT2D eigenvalue weighted by molar-refractivity contribution is 7.12. The summed E-state index contributed by atoms with van der Waals surface area (Å²) in [5.74, 6) is 0. The lowest BCUT2D eigenvalue weighted by Gasteiger charge is -2.02. The minimum atomic E-state index is 0.707.